The second-order valence-corrected chi connectivity index (χ2v) is 6.32. The van der Waals surface area contributed by atoms with Crippen molar-refractivity contribution in [3.05, 3.63) is 5.69 Å². The highest BCUT2D eigenvalue weighted by atomic mass is 32.1. The first-order valence-electron chi connectivity index (χ1n) is 7.62. The fourth-order valence-corrected chi connectivity index (χ4v) is 3.22. The molecule has 0 saturated carbocycles. The van der Waals surface area contributed by atoms with E-state index in [0.29, 0.717) is 31.1 Å². The summed E-state index contributed by atoms with van der Waals surface area (Å²) in [5.41, 5.74) is -1.01. The molecule has 21 heavy (non-hydrogen) atoms. The van der Waals surface area contributed by atoms with E-state index in [1.165, 1.54) is 12.8 Å². The molecule has 1 aromatic heterocycles. The number of likely N-dealkylation sites (tertiary alicyclic amines) is 1. The quantitative estimate of drug-likeness (QED) is 0.740. The first-order chi connectivity index (χ1) is 10.1. The Morgan fingerprint density at radius 2 is 2.19 bits per heavy atom. The number of rotatable bonds is 7. The van der Waals surface area contributed by atoms with Crippen LogP contribution in [0, 0.1) is 0 Å². The Kier molecular flexibility index (Phi) is 5.92. The normalized spacial score (nSPS) is 27.0. The van der Waals surface area contributed by atoms with E-state index in [4.69, 9.17) is 4.74 Å². The third kappa shape index (κ3) is 3.91. The highest BCUT2D eigenvalue weighted by molar-refractivity contribution is 6.99. The number of aromatic nitrogens is 2. The fraction of sp³-hybridized carbons (Fsp3) is 0.857. The Bertz CT molecular complexity index is 443. The number of aliphatic hydroxyl groups excluding tert-OH is 1. The van der Waals surface area contributed by atoms with Gasteiger partial charge in [-0.15, -0.1) is 4.37 Å². The predicted molar refractivity (Wildman–Crippen MR) is 81.6 cm³/mol. The SMILES string of the molecule is CCCCCCOc1nsnc1C1(O)CN(C)CCC1O. The minimum absolute atomic E-state index is 0.339. The van der Waals surface area contributed by atoms with Crippen molar-refractivity contribution >= 4 is 11.7 Å². The summed E-state index contributed by atoms with van der Waals surface area (Å²) in [5.74, 6) is 0.369. The summed E-state index contributed by atoms with van der Waals surface area (Å²) < 4.78 is 14.0. The van der Waals surface area contributed by atoms with Crippen molar-refractivity contribution in [3.63, 3.8) is 0 Å². The largest absolute Gasteiger partial charge is 0.476 e. The lowest BCUT2D eigenvalue weighted by molar-refractivity contribution is -0.125. The molecule has 2 atom stereocenters. The molecule has 0 bridgehead atoms. The van der Waals surface area contributed by atoms with Gasteiger partial charge in [-0.3, -0.25) is 0 Å². The Morgan fingerprint density at radius 1 is 1.38 bits per heavy atom. The van der Waals surface area contributed by atoms with Crippen LogP contribution in [0.3, 0.4) is 0 Å². The zero-order valence-electron chi connectivity index (χ0n) is 12.8. The number of hydrogen-bond donors (Lipinski definition) is 2. The molecule has 0 radical (unpaired) electrons. The molecule has 1 aliphatic heterocycles. The van der Waals surface area contributed by atoms with E-state index >= 15 is 0 Å². The van der Waals surface area contributed by atoms with Crippen molar-refractivity contribution < 1.29 is 14.9 Å². The van der Waals surface area contributed by atoms with E-state index in [-0.39, 0.29) is 0 Å². The van der Waals surface area contributed by atoms with Crippen molar-refractivity contribution in [2.45, 2.75) is 50.7 Å². The van der Waals surface area contributed by atoms with E-state index < -0.39 is 11.7 Å². The van der Waals surface area contributed by atoms with Gasteiger partial charge in [-0.1, -0.05) is 26.2 Å². The molecular weight excluding hydrogens is 290 g/mol. The smallest absolute Gasteiger partial charge is 0.252 e. The first-order valence-corrected chi connectivity index (χ1v) is 8.35. The maximum Gasteiger partial charge on any atom is 0.252 e. The maximum atomic E-state index is 10.8. The minimum atomic E-state index is -1.39. The molecule has 0 aromatic carbocycles. The molecule has 2 N–H and O–H groups in total. The summed E-state index contributed by atoms with van der Waals surface area (Å²) in [5, 5.41) is 21.0. The van der Waals surface area contributed by atoms with Crippen molar-refractivity contribution in [2.75, 3.05) is 26.7 Å². The molecule has 7 heteroatoms. The van der Waals surface area contributed by atoms with Crippen LogP contribution >= 0.6 is 11.7 Å². The predicted octanol–water partition coefficient (Wildman–Crippen LogP) is 1.38. The van der Waals surface area contributed by atoms with Crippen LogP contribution in [0.2, 0.25) is 0 Å². The van der Waals surface area contributed by atoms with Gasteiger partial charge in [-0.05, 0) is 19.9 Å². The van der Waals surface area contributed by atoms with Gasteiger partial charge in [-0.25, -0.2) is 0 Å². The van der Waals surface area contributed by atoms with Gasteiger partial charge in [0.05, 0.1) is 24.4 Å². The molecule has 120 valence electrons. The molecule has 0 aliphatic carbocycles. The van der Waals surface area contributed by atoms with Crippen molar-refractivity contribution in [3.8, 4) is 5.88 Å². The number of piperidine rings is 1. The molecular formula is C14H25N3O3S. The van der Waals surface area contributed by atoms with E-state index in [2.05, 4.69) is 15.7 Å². The summed E-state index contributed by atoms with van der Waals surface area (Å²) in [6.07, 6.45) is 4.14. The Morgan fingerprint density at radius 3 is 2.95 bits per heavy atom. The summed E-state index contributed by atoms with van der Waals surface area (Å²) in [4.78, 5) is 1.98. The summed E-state index contributed by atoms with van der Waals surface area (Å²) in [7, 11) is 1.92. The zero-order valence-corrected chi connectivity index (χ0v) is 13.6. The van der Waals surface area contributed by atoms with Crippen LogP contribution in [0.25, 0.3) is 0 Å². The number of ether oxygens (including phenoxy) is 1. The molecule has 1 aliphatic rings. The van der Waals surface area contributed by atoms with E-state index in [9.17, 15) is 10.2 Å². The molecule has 2 rings (SSSR count). The molecule has 1 saturated heterocycles. The number of hydrogen-bond acceptors (Lipinski definition) is 7. The topological polar surface area (TPSA) is 78.7 Å². The average molecular weight is 315 g/mol. The van der Waals surface area contributed by atoms with Gasteiger partial charge in [0.2, 0.25) is 0 Å². The van der Waals surface area contributed by atoms with Gasteiger partial charge in [0, 0.05) is 13.1 Å². The highest BCUT2D eigenvalue weighted by Gasteiger charge is 2.46. The van der Waals surface area contributed by atoms with Crippen molar-refractivity contribution in [1.82, 2.24) is 13.6 Å². The average Bonchev–Trinajstić information content (AvgIpc) is 2.92. The summed E-state index contributed by atoms with van der Waals surface area (Å²) in [6.45, 7) is 3.83. The summed E-state index contributed by atoms with van der Waals surface area (Å²) >= 11 is 1.02. The molecule has 0 amide bonds. The molecule has 2 heterocycles. The van der Waals surface area contributed by atoms with E-state index in [1.807, 2.05) is 11.9 Å². The Hall–Kier alpha value is -0.760. The Balaban J connectivity index is 2.01. The van der Waals surface area contributed by atoms with Crippen LogP contribution in [0.1, 0.15) is 44.7 Å². The van der Waals surface area contributed by atoms with Crippen LogP contribution in [0.5, 0.6) is 5.88 Å². The van der Waals surface area contributed by atoms with Gasteiger partial charge >= 0.3 is 0 Å². The first kappa shape index (κ1) is 16.6. The second-order valence-electron chi connectivity index (χ2n) is 5.79. The molecule has 1 aromatic rings. The molecule has 0 spiro atoms. The van der Waals surface area contributed by atoms with Crippen LogP contribution in [0.15, 0.2) is 0 Å². The highest BCUT2D eigenvalue weighted by Crippen LogP contribution is 2.35. The molecule has 6 nitrogen and oxygen atoms in total. The number of unbranched alkanes of at least 4 members (excludes halogenated alkanes) is 3. The van der Waals surface area contributed by atoms with E-state index in [0.717, 1.165) is 31.1 Å². The fourth-order valence-electron chi connectivity index (χ4n) is 2.65. The number of aliphatic hydroxyl groups is 2. The number of nitrogens with zero attached hydrogens (tertiary/aromatic N) is 3. The van der Waals surface area contributed by atoms with Gasteiger partial charge in [-0.2, -0.15) is 4.37 Å². The van der Waals surface area contributed by atoms with Gasteiger partial charge in [0.1, 0.15) is 0 Å². The third-order valence-electron chi connectivity index (χ3n) is 3.95. The summed E-state index contributed by atoms with van der Waals surface area (Å²) in [6, 6.07) is 0. The van der Waals surface area contributed by atoms with Crippen LogP contribution in [-0.2, 0) is 5.60 Å². The molecule has 1 fully saturated rings. The van der Waals surface area contributed by atoms with E-state index in [1.54, 1.807) is 0 Å². The second kappa shape index (κ2) is 7.49. The maximum absolute atomic E-state index is 10.8. The molecule has 2 unspecified atom stereocenters. The van der Waals surface area contributed by atoms with Crippen LogP contribution in [0.4, 0.5) is 0 Å². The van der Waals surface area contributed by atoms with Crippen molar-refractivity contribution in [2.24, 2.45) is 0 Å². The number of likely N-dealkylation sites (N-methyl/N-ethyl adjacent to an activating group) is 1. The minimum Gasteiger partial charge on any atom is -0.476 e. The number of β-amino-alcohol motifs (C(OH)–C–C–N with tert-alkyl or cyclic N) is 1. The van der Waals surface area contributed by atoms with Crippen LogP contribution < -0.4 is 4.74 Å². The third-order valence-corrected chi connectivity index (χ3v) is 4.46. The van der Waals surface area contributed by atoms with Gasteiger partial charge < -0.3 is 19.8 Å². The van der Waals surface area contributed by atoms with Crippen LogP contribution in [-0.4, -0.2) is 56.7 Å². The monoisotopic (exact) mass is 315 g/mol. The zero-order chi connectivity index (χ0) is 15.3. The Labute approximate surface area is 130 Å². The van der Waals surface area contributed by atoms with Gasteiger partial charge in [0.15, 0.2) is 11.3 Å². The standard InChI is InChI=1S/C14H25N3O3S/c1-3-4-5-6-9-20-13-12(15-21-16-13)14(19)10-17(2)8-7-11(14)18/h11,18-19H,3-10H2,1-2H3. The lowest BCUT2D eigenvalue weighted by Gasteiger charge is -2.40. The lowest BCUT2D eigenvalue weighted by Crippen LogP contribution is -2.53. The van der Waals surface area contributed by atoms with Gasteiger partial charge in [0.25, 0.3) is 5.88 Å². The lowest BCUT2D eigenvalue weighted by atomic mass is 9.87. The van der Waals surface area contributed by atoms with Crippen molar-refractivity contribution in [1.29, 1.82) is 0 Å².